The first-order valence-corrected chi connectivity index (χ1v) is 7.75. The summed E-state index contributed by atoms with van der Waals surface area (Å²) in [5, 5.41) is 8.90. The van der Waals surface area contributed by atoms with Crippen molar-refractivity contribution in [3.05, 3.63) is 35.9 Å². The number of hydrogen-bond acceptors (Lipinski definition) is 2. The third-order valence-corrected chi connectivity index (χ3v) is 5.04. The fraction of sp³-hybridized carbons (Fsp3) is 0.588. The van der Waals surface area contributed by atoms with Gasteiger partial charge in [-0.1, -0.05) is 30.3 Å². The van der Waals surface area contributed by atoms with Crippen molar-refractivity contribution < 1.29 is 9.90 Å². The second kappa shape index (κ2) is 5.96. The van der Waals surface area contributed by atoms with Crippen LogP contribution in [0.3, 0.4) is 0 Å². The van der Waals surface area contributed by atoms with Gasteiger partial charge in [0.2, 0.25) is 0 Å². The average molecular weight is 273 g/mol. The summed E-state index contributed by atoms with van der Waals surface area (Å²) >= 11 is 0. The zero-order valence-electron chi connectivity index (χ0n) is 11.9. The van der Waals surface area contributed by atoms with Crippen LogP contribution >= 0.6 is 0 Å². The molecule has 0 radical (unpaired) electrons. The molecular weight excluding hydrogens is 250 g/mol. The molecule has 2 aliphatic heterocycles. The monoisotopic (exact) mass is 273 g/mol. The number of aliphatic carboxylic acids is 1. The molecule has 20 heavy (non-hydrogen) atoms. The Labute approximate surface area is 120 Å². The summed E-state index contributed by atoms with van der Waals surface area (Å²) in [6.07, 6.45) is 6.17. The lowest BCUT2D eigenvalue weighted by molar-refractivity contribution is -0.137. The third-order valence-electron chi connectivity index (χ3n) is 5.04. The van der Waals surface area contributed by atoms with E-state index in [-0.39, 0.29) is 0 Å². The van der Waals surface area contributed by atoms with E-state index < -0.39 is 5.97 Å². The van der Waals surface area contributed by atoms with Crippen LogP contribution in [0.4, 0.5) is 0 Å². The summed E-state index contributed by atoms with van der Waals surface area (Å²) in [6, 6.07) is 12.0. The van der Waals surface area contributed by atoms with E-state index in [4.69, 9.17) is 5.11 Å². The van der Waals surface area contributed by atoms with E-state index in [1.807, 2.05) is 0 Å². The van der Waals surface area contributed by atoms with E-state index in [1.54, 1.807) is 0 Å². The van der Waals surface area contributed by atoms with Gasteiger partial charge in [-0.05, 0) is 43.6 Å². The Kier molecular flexibility index (Phi) is 4.06. The van der Waals surface area contributed by atoms with Gasteiger partial charge in [-0.2, -0.15) is 0 Å². The molecule has 2 aliphatic rings. The highest BCUT2D eigenvalue weighted by Gasteiger charge is 2.41. The van der Waals surface area contributed by atoms with Crippen molar-refractivity contribution in [3.63, 3.8) is 0 Å². The Hall–Kier alpha value is -1.35. The molecule has 0 spiro atoms. The van der Waals surface area contributed by atoms with E-state index in [2.05, 4.69) is 35.2 Å². The number of piperidine rings is 1. The smallest absolute Gasteiger partial charge is 0.303 e. The van der Waals surface area contributed by atoms with Crippen LogP contribution in [-0.4, -0.2) is 28.1 Å². The highest BCUT2D eigenvalue weighted by atomic mass is 16.4. The van der Waals surface area contributed by atoms with Gasteiger partial charge in [-0.25, -0.2) is 0 Å². The van der Waals surface area contributed by atoms with Gasteiger partial charge >= 0.3 is 5.97 Å². The second-order valence-electron chi connectivity index (χ2n) is 6.23. The quantitative estimate of drug-likeness (QED) is 0.895. The van der Waals surface area contributed by atoms with E-state index in [0.717, 1.165) is 19.0 Å². The minimum atomic E-state index is -0.653. The van der Waals surface area contributed by atoms with Crippen LogP contribution in [-0.2, 0) is 11.3 Å². The lowest BCUT2D eigenvalue weighted by Crippen LogP contribution is -2.44. The van der Waals surface area contributed by atoms with Crippen molar-refractivity contribution in [3.8, 4) is 0 Å². The molecule has 2 fully saturated rings. The Balaban J connectivity index is 1.66. The van der Waals surface area contributed by atoms with Crippen molar-refractivity contribution >= 4 is 5.97 Å². The normalized spacial score (nSPS) is 29.5. The van der Waals surface area contributed by atoms with Crippen LogP contribution in [0.1, 0.15) is 44.1 Å². The van der Waals surface area contributed by atoms with E-state index in [0.29, 0.717) is 18.4 Å². The van der Waals surface area contributed by atoms with Crippen molar-refractivity contribution in [2.75, 3.05) is 0 Å². The standard InChI is InChI=1S/C17H23NO2/c19-17(20)11-7-14-6-8-15-9-10-16(14)18(15)12-13-4-2-1-3-5-13/h1-5,14-16H,6-12H2,(H,19,20). The first-order valence-electron chi connectivity index (χ1n) is 7.75. The Morgan fingerprint density at radius 2 is 1.90 bits per heavy atom. The molecule has 3 nitrogen and oxygen atoms in total. The number of fused-ring (bicyclic) bond motifs is 2. The van der Waals surface area contributed by atoms with Crippen molar-refractivity contribution in [1.29, 1.82) is 0 Å². The van der Waals surface area contributed by atoms with Gasteiger partial charge in [0.1, 0.15) is 0 Å². The molecule has 0 amide bonds. The van der Waals surface area contributed by atoms with Gasteiger partial charge in [0.25, 0.3) is 0 Å². The molecule has 3 rings (SSSR count). The molecule has 108 valence electrons. The van der Waals surface area contributed by atoms with Crippen LogP contribution in [0.2, 0.25) is 0 Å². The van der Waals surface area contributed by atoms with Gasteiger partial charge in [-0.3, -0.25) is 9.69 Å². The molecule has 0 aromatic heterocycles. The predicted molar refractivity (Wildman–Crippen MR) is 78.4 cm³/mol. The number of benzene rings is 1. The predicted octanol–water partition coefficient (Wildman–Crippen LogP) is 3.29. The minimum absolute atomic E-state index is 0.324. The molecule has 1 aromatic carbocycles. The number of carboxylic acids is 1. The molecule has 3 atom stereocenters. The van der Waals surface area contributed by atoms with Gasteiger partial charge < -0.3 is 5.11 Å². The Morgan fingerprint density at radius 3 is 2.65 bits per heavy atom. The van der Waals surface area contributed by atoms with E-state index >= 15 is 0 Å². The zero-order valence-corrected chi connectivity index (χ0v) is 11.9. The average Bonchev–Trinajstić information content (AvgIpc) is 2.71. The molecule has 3 unspecified atom stereocenters. The summed E-state index contributed by atoms with van der Waals surface area (Å²) < 4.78 is 0. The van der Waals surface area contributed by atoms with E-state index in [9.17, 15) is 4.79 Å². The maximum Gasteiger partial charge on any atom is 0.303 e. The molecule has 0 aliphatic carbocycles. The fourth-order valence-electron chi connectivity index (χ4n) is 4.07. The van der Waals surface area contributed by atoms with Gasteiger partial charge in [0, 0.05) is 25.0 Å². The number of carboxylic acid groups (broad SMARTS) is 1. The zero-order chi connectivity index (χ0) is 13.9. The van der Waals surface area contributed by atoms with Gasteiger partial charge in [0.15, 0.2) is 0 Å². The molecule has 0 saturated carbocycles. The van der Waals surface area contributed by atoms with Gasteiger partial charge in [0.05, 0.1) is 0 Å². The number of hydrogen-bond donors (Lipinski definition) is 1. The largest absolute Gasteiger partial charge is 0.481 e. The maximum absolute atomic E-state index is 10.8. The molecule has 1 aromatic rings. The molecule has 2 bridgehead atoms. The van der Waals surface area contributed by atoms with Crippen molar-refractivity contribution in [2.24, 2.45) is 5.92 Å². The third kappa shape index (κ3) is 2.88. The summed E-state index contributed by atoms with van der Waals surface area (Å²) in [5.74, 6) is -0.0757. The van der Waals surface area contributed by atoms with Crippen LogP contribution in [0.25, 0.3) is 0 Å². The highest BCUT2D eigenvalue weighted by molar-refractivity contribution is 5.66. The summed E-state index contributed by atoms with van der Waals surface area (Å²) in [4.78, 5) is 13.5. The highest BCUT2D eigenvalue weighted by Crippen LogP contribution is 2.41. The first kappa shape index (κ1) is 13.6. The molecule has 2 heterocycles. The summed E-state index contributed by atoms with van der Waals surface area (Å²) in [6.45, 7) is 1.03. The SMILES string of the molecule is O=C(O)CCC1CCC2CCC1N2Cc1ccccc1. The molecule has 2 saturated heterocycles. The number of carbonyl (C=O) groups is 1. The first-order chi connectivity index (χ1) is 9.74. The molecular formula is C17H23NO2. The van der Waals surface area contributed by atoms with Crippen LogP contribution in [0.5, 0.6) is 0 Å². The van der Waals surface area contributed by atoms with Crippen LogP contribution < -0.4 is 0 Å². The van der Waals surface area contributed by atoms with Gasteiger partial charge in [-0.15, -0.1) is 0 Å². The molecule has 1 N–H and O–H groups in total. The number of rotatable bonds is 5. The fourth-order valence-corrected chi connectivity index (χ4v) is 4.07. The minimum Gasteiger partial charge on any atom is -0.481 e. The van der Waals surface area contributed by atoms with E-state index in [1.165, 1.54) is 31.2 Å². The Morgan fingerprint density at radius 1 is 1.15 bits per heavy atom. The van der Waals surface area contributed by atoms with Crippen LogP contribution in [0, 0.1) is 5.92 Å². The van der Waals surface area contributed by atoms with Crippen LogP contribution in [0.15, 0.2) is 30.3 Å². The summed E-state index contributed by atoms with van der Waals surface area (Å²) in [7, 11) is 0. The maximum atomic E-state index is 10.8. The Bertz CT molecular complexity index is 459. The lowest BCUT2D eigenvalue weighted by atomic mass is 9.86. The van der Waals surface area contributed by atoms with Crippen molar-refractivity contribution in [1.82, 2.24) is 4.90 Å². The number of nitrogens with zero attached hydrogens (tertiary/aromatic N) is 1. The topological polar surface area (TPSA) is 40.5 Å². The lowest BCUT2D eigenvalue weighted by Gasteiger charge is -2.40. The molecule has 3 heteroatoms. The summed E-state index contributed by atoms with van der Waals surface area (Å²) in [5.41, 5.74) is 1.38. The second-order valence-corrected chi connectivity index (χ2v) is 6.23. The van der Waals surface area contributed by atoms with Crippen molar-refractivity contribution in [2.45, 2.75) is 57.2 Å².